The molecule has 0 unspecified atom stereocenters. The summed E-state index contributed by atoms with van der Waals surface area (Å²) in [4.78, 5) is 19.8. The summed E-state index contributed by atoms with van der Waals surface area (Å²) >= 11 is 1.54. The van der Waals surface area contributed by atoms with Gasteiger partial charge in [0.2, 0.25) is 23.2 Å². The summed E-state index contributed by atoms with van der Waals surface area (Å²) in [5.41, 5.74) is 3.81. The molecule has 178 valence electrons. The molecule has 0 bridgehead atoms. The van der Waals surface area contributed by atoms with Gasteiger partial charge in [-0.25, -0.2) is 0 Å². The molecule has 2 aromatic carbocycles. The van der Waals surface area contributed by atoms with E-state index in [1.807, 2.05) is 63.2 Å². The fourth-order valence-corrected chi connectivity index (χ4v) is 4.52. The number of benzene rings is 2. The van der Waals surface area contributed by atoms with Gasteiger partial charge in [0.15, 0.2) is 5.69 Å². The molecule has 34 heavy (non-hydrogen) atoms. The number of thioether (sulfide) groups is 1. The van der Waals surface area contributed by atoms with Gasteiger partial charge in [-0.2, -0.15) is 4.98 Å². The van der Waals surface area contributed by atoms with Crippen molar-refractivity contribution >= 4 is 23.4 Å². The minimum atomic E-state index is -0.766. The number of carbonyl (C=O) groups is 1. The van der Waals surface area contributed by atoms with Gasteiger partial charge in [-0.05, 0) is 44.0 Å². The van der Waals surface area contributed by atoms with Crippen molar-refractivity contribution in [2.24, 2.45) is 5.92 Å². The number of amides is 1. The predicted octanol–water partition coefficient (Wildman–Crippen LogP) is 5.83. The lowest BCUT2D eigenvalue weighted by Gasteiger charge is -2.31. The van der Waals surface area contributed by atoms with Crippen LogP contribution in [0, 0.1) is 12.8 Å². The number of rotatable bonds is 7. The number of ether oxygens (including phenoxy) is 2. The van der Waals surface area contributed by atoms with Crippen molar-refractivity contribution in [3.05, 3.63) is 53.6 Å². The Labute approximate surface area is 204 Å². The van der Waals surface area contributed by atoms with Crippen LogP contribution in [0.4, 0.5) is 5.69 Å². The maximum absolute atomic E-state index is 13.4. The molecule has 1 aliphatic rings. The summed E-state index contributed by atoms with van der Waals surface area (Å²) in [6, 6.07) is 13.6. The summed E-state index contributed by atoms with van der Waals surface area (Å²) in [5, 5.41) is 9.43. The number of aromatic nitrogens is 3. The molecule has 0 saturated carbocycles. The monoisotopic (exact) mass is 478 g/mol. The highest BCUT2D eigenvalue weighted by Gasteiger charge is 2.36. The Hall–Kier alpha value is -3.13. The van der Waals surface area contributed by atoms with E-state index >= 15 is 0 Å². The van der Waals surface area contributed by atoms with Gasteiger partial charge in [0.25, 0.3) is 0 Å². The van der Waals surface area contributed by atoms with E-state index in [1.54, 1.807) is 16.7 Å². The van der Waals surface area contributed by atoms with Crippen LogP contribution in [0.1, 0.15) is 51.5 Å². The van der Waals surface area contributed by atoms with Crippen LogP contribution in [0.3, 0.4) is 0 Å². The first kappa shape index (κ1) is 24.0. The van der Waals surface area contributed by atoms with Crippen molar-refractivity contribution in [2.75, 3.05) is 17.3 Å². The number of hydrogen-bond donors (Lipinski definition) is 0. The third kappa shape index (κ3) is 4.87. The topological polar surface area (TPSA) is 77.4 Å². The van der Waals surface area contributed by atoms with E-state index in [-0.39, 0.29) is 5.91 Å². The van der Waals surface area contributed by atoms with Gasteiger partial charge >= 0.3 is 0 Å². The van der Waals surface area contributed by atoms with Crippen LogP contribution < -0.4 is 14.4 Å². The van der Waals surface area contributed by atoms with Gasteiger partial charge in [0.05, 0.1) is 17.9 Å². The molecule has 1 atom stereocenters. The zero-order valence-corrected chi connectivity index (χ0v) is 21.1. The Bertz CT molecular complexity index is 1180. The number of carbonyl (C=O) groups excluding carboxylic acids is 1. The fourth-order valence-electron chi connectivity index (χ4n) is 3.80. The first-order chi connectivity index (χ1) is 16.4. The number of anilines is 1. The first-order valence-electron chi connectivity index (χ1n) is 11.6. The van der Waals surface area contributed by atoms with Gasteiger partial charge in [0, 0.05) is 17.7 Å². The second kappa shape index (κ2) is 10.4. The molecule has 4 rings (SSSR count). The molecule has 0 radical (unpaired) electrons. The number of fused-ring (bicyclic) bond motifs is 3. The van der Waals surface area contributed by atoms with E-state index in [1.165, 1.54) is 0 Å². The van der Waals surface area contributed by atoms with Crippen molar-refractivity contribution in [1.29, 1.82) is 0 Å². The lowest BCUT2D eigenvalue weighted by atomic mass is 10.0. The second-order valence-corrected chi connectivity index (χ2v) is 9.52. The molecule has 8 heteroatoms. The summed E-state index contributed by atoms with van der Waals surface area (Å²) in [6.07, 6.45) is -0.452. The normalized spacial score (nSPS) is 14.8. The SMILES string of the molecule is CCOc1ccccc1[C@@H]1Oc2nc(SCC(C)C)nnc2-c2cc(C)ccc2N1C(=O)CC. The van der Waals surface area contributed by atoms with E-state index < -0.39 is 6.23 Å². The smallest absolute Gasteiger partial charge is 0.247 e. The highest BCUT2D eigenvalue weighted by Crippen LogP contribution is 2.45. The Morgan fingerprint density at radius 3 is 2.71 bits per heavy atom. The first-order valence-corrected chi connectivity index (χ1v) is 12.6. The van der Waals surface area contributed by atoms with Crippen molar-refractivity contribution in [3.63, 3.8) is 0 Å². The van der Waals surface area contributed by atoms with Gasteiger partial charge in [0.1, 0.15) is 5.75 Å². The Kier molecular flexibility index (Phi) is 7.36. The van der Waals surface area contributed by atoms with Crippen LogP contribution in [-0.4, -0.2) is 33.4 Å². The molecule has 0 aliphatic carbocycles. The maximum Gasteiger partial charge on any atom is 0.247 e. The Balaban J connectivity index is 1.93. The quantitative estimate of drug-likeness (QED) is 0.396. The summed E-state index contributed by atoms with van der Waals surface area (Å²) < 4.78 is 12.4. The molecule has 1 aliphatic heterocycles. The molecule has 7 nitrogen and oxygen atoms in total. The summed E-state index contributed by atoms with van der Waals surface area (Å²) in [5.74, 6) is 2.30. The standard InChI is InChI=1S/C26H30N4O3S/c1-6-22(31)30-20-13-12-17(5)14-19(20)23-24(27-26(29-28-23)34-15-16(3)4)33-25(30)18-10-8-9-11-21(18)32-7-2/h8-14,16,25H,6-7,15H2,1-5H3/t25-/m0/s1. The van der Waals surface area contributed by atoms with E-state index in [0.29, 0.717) is 47.1 Å². The molecule has 2 heterocycles. The van der Waals surface area contributed by atoms with Crippen LogP contribution in [0.5, 0.6) is 11.6 Å². The fraction of sp³-hybridized carbons (Fsp3) is 0.385. The number of hydrogen-bond acceptors (Lipinski definition) is 7. The maximum atomic E-state index is 13.4. The summed E-state index contributed by atoms with van der Waals surface area (Å²) in [7, 11) is 0. The highest BCUT2D eigenvalue weighted by molar-refractivity contribution is 7.99. The molecule has 0 spiro atoms. The van der Waals surface area contributed by atoms with Crippen LogP contribution in [0.15, 0.2) is 47.6 Å². The van der Waals surface area contributed by atoms with E-state index in [4.69, 9.17) is 14.5 Å². The molecule has 3 aromatic rings. The van der Waals surface area contributed by atoms with E-state index in [2.05, 4.69) is 24.0 Å². The van der Waals surface area contributed by atoms with Crippen LogP contribution >= 0.6 is 11.8 Å². The zero-order chi connectivity index (χ0) is 24.2. The average molecular weight is 479 g/mol. The number of para-hydroxylation sites is 1. The minimum absolute atomic E-state index is 0.0726. The van der Waals surface area contributed by atoms with Crippen molar-refractivity contribution in [2.45, 2.75) is 52.4 Å². The van der Waals surface area contributed by atoms with Gasteiger partial charge < -0.3 is 9.47 Å². The third-order valence-electron chi connectivity index (χ3n) is 5.36. The lowest BCUT2D eigenvalue weighted by Crippen LogP contribution is -2.37. The van der Waals surface area contributed by atoms with Crippen molar-refractivity contribution in [1.82, 2.24) is 15.2 Å². The predicted molar refractivity (Wildman–Crippen MR) is 134 cm³/mol. The second-order valence-electron chi connectivity index (χ2n) is 8.53. The van der Waals surface area contributed by atoms with Crippen LogP contribution in [-0.2, 0) is 4.79 Å². The molecular weight excluding hydrogens is 448 g/mol. The van der Waals surface area contributed by atoms with Gasteiger partial charge in [-0.3, -0.25) is 9.69 Å². The third-order valence-corrected chi connectivity index (χ3v) is 6.63. The number of aryl methyl sites for hydroxylation is 1. The largest absolute Gasteiger partial charge is 0.493 e. The molecular formula is C26H30N4O3S. The summed E-state index contributed by atoms with van der Waals surface area (Å²) in [6.45, 7) is 10.6. The Morgan fingerprint density at radius 2 is 1.97 bits per heavy atom. The Morgan fingerprint density at radius 1 is 1.18 bits per heavy atom. The molecule has 0 N–H and O–H groups in total. The van der Waals surface area contributed by atoms with E-state index in [9.17, 15) is 4.79 Å². The van der Waals surface area contributed by atoms with Crippen LogP contribution in [0.25, 0.3) is 11.3 Å². The highest BCUT2D eigenvalue weighted by atomic mass is 32.2. The van der Waals surface area contributed by atoms with Crippen molar-refractivity contribution < 1.29 is 14.3 Å². The van der Waals surface area contributed by atoms with Gasteiger partial charge in [-0.1, -0.05) is 56.3 Å². The molecule has 0 fully saturated rings. The molecule has 0 saturated heterocycles. The lowest BCUT2D eigenvalue weighted by molar-refractivity contribution is -0.120. The minimum Gasteiger partial charge on any atom is -0.493 e. The van der Waals surface area contributed by atoms with Crippen molar-refractivity contribution in [3.8, 4) is 22.9 Å². The van der Waals surface area contributed by atoms with Gasteiger partial charge in [-0.15, -0.1) is 10.2 Å². The molecule has 1 amide bonds. The number of nitrogens with zero attached hydrogens (tertiary/aromatic N) is 4. The van der Waals surface area contributed by atoms with E-state index in [0.717, 1.165) is 22.4 Å². The van der Waals surface area contributed by atoms with Crippen LogP contribution in [0.2, 0.25) is 0 Å². The zero-order valence-electron chi connectivity index (χ0n) is 20.2. The molecule has 1 aromatic heterocycles. The average Bonchev–Trinajstić information content (AvgIpc) is 2.97.